The Morgan fingerprint density at radius 2 is 1.71 bits per heavy atom. The first-order chi connectivity index (χ1) is 27.8. The van der Waals surface area contributed by atoms with Crippen LogP contribution >= 0.6 is 0 Å². The molecule has 5 rings (SSSR count). The van der Waals surface area contributed by atoms with Crippen LogP contribution < -0.4 is 5.73 Å². The summed E-state index contributed by atoms with van der Waals surface area (Å²) in [5.74, 6) is -4.82. The summed E-state index contributed by atoms with van der Waals surface area (Å²) in [5.41, 5.74) is 4.21. The first-order valence-electron chi connectivity index (χ1n) is 20.5. The predicted octanol–water partition coefficient (Wildman–Crippen LogP) is 3.68. The third-order valence-corrected chi connectivity index (χ3v) is 12.5. The molecule has 0 aliphatic carbocycles. The zero-order chi connectivity index (χ0) is 43.6. The Morgan fingerprint density at radius 1 is 1.02 bits per heavy atom. The van der Waals surface area contributed by atoms with E-state index >= 15 is 0 Å². The number of ether oxygens (including phenoxy) is 5. The average Bonchev–Trinajstić information content (AvgIpc) is 3.77. The number of nitrogens with zero attached hydrogens (tertiary/aromatic N) is 6. The van der Waals surface area contributed by atoms with Crippen LogP contribution in [-0.4, -0.2) is 140 Å². The number of pyridine rings is 1. The van der Waals surface area contributed by atoms with Gasteiger partial charge in [0.2, 0.25) is 0 Å². The standard InChI is InChI=1S/C42H63N7O10/c1-12-31-42(8)36(49(40(54)59-42)19-14-13-18-48-22-29(45-46-48)28-16-15-17-32(43)44-28)25(4)33(50)23(2)21-41(7,55-11)37(26(5)34(51)27(6)38(53)57-31)58-39-35(52)30(47(9)10)20-24(3)56-39/h13-17,22-27,30-31,35-37,39,52H,12,18-21H2,1-11H3,(H2,43,44)/b14-13+/t23-,24-,25+,26+,27-,30?,31-,35?,36-,37-,39+,41-,42-/m1/s1. The molecule has 59 heavy (non-hydrogen) atoms. The van der Waals surface area contributed by atoms with Crippen LogP contribution in [0.1, 0.15) is 74.7 Å². The number of ketones is 2. The number of aliphatic hydroxyl groups is 1. The van der Waals surface area contributed by atoms with Crippen LogP contribution in [0.2, 0.25) is 0 Å². The third kappa shape index (κ3) is 9.54. The molecule has 3 aliphatic heterocycles. The molecule has 3 N–H and O–H groups in total. The van der Waals surface area contributed by atoms with E-state index in [1.54, 1.807) is 76.7 Å². The van der Waals surface area contributed by atoms with E-state index in [1.165, 1.54) is 18.9 Å². The van der Waals surface area contributed by atoms with E-state index < -0.39 is 83.4 Å². The number of Topliss-reactive ketones (excluding diaryl/α,β-unsaturated/α-hetero) is 2. The average molecular weight is 826 g/mol. The molecule has 0 bridgehead atoms. The van der Waals surface area contributed by atoms with Crippen LogP contribution in [0.15, 0.2) is 36.5 Å². The predicted molar refractivity (Wildman–Crippen MR) is 216 cm³/mol. The Balaban J connectivity index is 1.46. The number of nitrogens with two attached hydrogens (primary N) is 1. The smallest absolute Gasteiger partial charge is 0.411 e. The lowest BCUT2D eigenvalue weighted by molar-refractivity contribution is -0.295. The fourth-order valence-electron chi connectivity index (χ4n) is 9.14. The second-order valence-corrected chi connectivity index (χ2v) is 17.1. The van der Waals surface area contributed by atoms with Gasteiger partial charge in [0, 0.05) is 37.5 Å². The number of rotatable bonds is 10. The maximum atomic E-state index is 14.7. The van der Waals surface area contributed by atoms with E-state index in [0.29, 0.717) is 30.2 Å². The highest BCUT2D eigenvalue weighted by Gasteiger charge is 2.60. The van der Waals surface area contributed by atoms with Crippen molar-refractivity contribution in [2.24, 2.45) is 23.7 Å². The molecule has 17 heteroatoms. The fraction of sp³-hybridized carbons (Fsp3) is 0.690. The summed E-state index contributed by atoms with van der Waals surface area (Å²) >= 11 is 0. The molecule has 0 aromatic carbocycles. The van der Waals surface area contributed by atoms with Crippen molar-refractivity contribution in [1.82, 2.24) is 29.8 Å². The quantitative estimate of drug-likeness (QED) is 0.199. The third-order valence-electron chi connectivity index (χ3n) is 12.5. The molecule has 3 aliphatic rings. The van der Waals surface area contributed by atoms with Crippen LogP contribution in [-0.2, 0) is 44.6 Å². The minimum absolute atomic E-state index is 0.0714. The number of anilines is 1. The molecule has 2 unspecified atom stereocenters. The number of hydrogen-bond donors (Lipinski definition) is 2. The van der Waals surface area contributed by atoms with Crippen LogP contribution in [0.3, 0.4) is 0 Å². The number of amides is 1. The minimum Gasteiger partial charge on any atom is -0.458 e. The fourth-order valence-corrected chi connectivity index (χ4v) is 9.14. The number of carbonyl (C=O) groups is 4. The molecule has 2 aromatic heterocycles. The Bertz CT molecular complexity index is 1860. The first-order valence-corrected chi connectivity index (χ1v) is 20.5. The summed E-state index contributed by atoms with van der Waals surface area (Å²) in [5, 5.41) is 19.8. The van der Waals surface area contributed by atoms with Crippen molar-refractivity contribution in [2.75, 3.05) is 33.5 Å². The maximum Gasteiger partial charge on any atom is 0.411 e. The molecule has 0 radical (unpaired) electrons. The Hall–Kier alpha value is -4.29. The summed E-state index contributed by atoms with van der Waals surface area (Å²) in [6, 6.07) is 4.09. The van der Waals surface area contributed by atoms with Gasteiger partial charge in [-0.05, 0) is 73.2 Å². The number of esters is 1. The number of hydrogen-bond acceptors (Lipinski definition) is 15. The molecule has 2 aromatic rings. The van der Waals surface area contributed by atoms with Gasteiger partial charge >= 0.3 is 12.1 Å². The largest absolute Gasteiger partial charge is 0.458 e. The Labute approximate surface area is 346 Å². The lowest BCUT2D eigenvalue weighted by Crippen LogP contribution is -2.60. The van der Waals surface area contributed by atoms with E-state index in [0.717, 1.165) is 0 Å². The number of aliphatic hydroxyl groups excluding tert-OH is 1. The maximum absolute atomic E-state index is 14.7. The molecule has 17 nitrogen and oxygen atoms in total. The van der Waals surface area contributed by atoms with E-state index in [9.17, 15) is 24.3 Å². The monoisotopic (exact) mass is 825 g/mol. The van der Waals surface area contributed by atoms with Crippen LogP contribution in [0.4, 0.5) is 10.6 Å². The lowest BCUT2D eigenvalue weighted by atomic mass is 9.73. The van der Waals surface area contributed by atoms with Gasteiger partial charge in [0.05, 0.1) is 42.3 Å². The number of methoxy groups -OCH3 is 1. The molecule has 13 atom stereocenters. The van der Waals surface area contributed by atoms with Gasteiger partial charge in [0.15, 0.2) is 17.7 Å². The molecule has 0 saturated carbocycles. The molecule has 3 saturated heterocycles. The zero-order valence-corrected chi connectivity index (χ0v) is 36.2. The van der Waals surface area contributed by atoms with Crippen molar-refractivity contribution in [3.05, 3.63) is 36.5 Å². The highest BCUT2D eigenvalue weighted by atomic mass is 16.7. The van der Waals surface area contributed by atoms with Crippen molar-refractivity contribution in [1.29, 1.82) is 0 Å². The van der Waals surface area contributed by atoms with Crippen molar-refractivity contribution in [3.63, 3.8) is 0 Å². The summed E-state index contributed by atoms with van der Waals surface area (Å²) in [6.07, 6.45) is 1.01. The van der Waals surface area contributed by atoms with Gasteiger partial charge in [-0.1, -0.05) is 51.1 Å². The number of nitrogen functional groups attached to an aromatic ring is 1. The minimum atomic E-state index is -1.46. The molecular weight excluding hydrogens is 763 g/mol. The number of allylic oxidation sites excluding steroid dienone is 1. The first kappa shape index (κ1) is 45.8. The van der Waals surface area contributed by atoms with Crippen LogP contribution in [0, 0.1) is 23.7 Å². The molecule has 1 amide bonds. The van der Waals surface area contributed by atoms with Gasteiger partial charge in [0.25, 0.3) is 0 Å². The highest BCUT2D eigenvalue weighted by molar-refractivity contribution is 6.00. The van der Waals surface area contributed by atoms with E-state index in [-0.39, 0.29) is 37.3 Å². The van der Waals surface area contributed by atoms with Gasteiger partial charge in [-0.2, -0.15) is 0 Å². The molecule has 5 heterocycles. The number of likely N-dealkylation sites (N-methyl/N-ethyl adjacent to an activating group) is 1. The number of aromatic nitrogens is 4. The van der Waals surface area contributed by atoms with Gasteiger partial charge in [-0.15, -0.1) is 5.10 Å². The zero-order valence-electron chi connectivity index (χ0n) is 36.2. The van der Waals surface area contributed by atoms with Gasteiger partial charge < -0.3 is 39.4 Å². The number of cyclic esters (lactones) is 1. The van der Waals surface area contributed by atoms with Gasteiger partial charge in [0.1, 0.15) is 35.4 Å². The second-order valence-electron chi connectivity index (χ2n) is 17.1. The Kier molecular flexibility index (Phi) is 14.4. The van der Waals surface area contributed by atoms with Gasteiger partial charge in [-0.25, -0.2) is 14.5 Å². The lowest BCUT2D eigenvalue weighted by Gasteiger charge is -2.47. The SMILES string of the molecule is CC[C@H]1OC(=O)[C@H](C)C(=O)[C@H](C)[C@@H](O[C@@H]2O[C@H](C)CC(N(C)C)C2O)[C@](C)(OC)C[C@@H](C)C(=O)[C@H](C)[C@H]2N(C/C=C/Cn3cc(-c4cccc(N)n4)nn3)C(=O)O[C@]12C. The summed E-state index contributed by atoms with van der Waals surface area (Å²) in [7, 11) is 5.21. The number of fused-ring (bicyclic) bond motifs is 1. The normalized spacial score (nSPS) is 36.4. The molecule has 0 spiro atoms. The van der Waals surface area contributed by atoms with E-state index in [2.05, 4.69) is 15.3 Å². The topological polar surface area (TPSA) is 211 Å². The Morgan fingerprint density at radius 3 is 2.36 bits per heavy atom. The summed E-state index contributed by atoms with van der Waals surface area (Å²) in [4.78, 5) is 64.5. The van der Waals surface area contributed by atoms with Gasteiger partial charge in [-0.3, -0.25) is 19.3 Å². The second kappa shape index (κ2) is 18.5. The van der Waals surface area contributed by atoms with E-state index in [4.69, 9.17) is 29.4 Å². The van der Waals surface area contributed by atoms with Crippen LogP contribution in [0.5, 0.6) is 0 Å². The summed E-state index contributed by atoms with van der Waals surface area (Å²) < 4.78 is 32.7. The van der Waals surface area contributed by atoms with Crippen molar-refractivity contribution in [2.45, 2.75) is 135 Å². The number of carbonyl (C=O) groups excluding carboxylic acids is 4. The van der Waals surface area contributed by atoms with Crippen molar-refractivity contribution >= 4 is 29.4 Å². The molecule has 326 valence electrons. The van der Waals surface area contributed by atoms with E-state index in [1.807, 2.05) is 32.0 Å². The highest BCUT2D eigenvalue weighted by Crippen LogP contribution is 2.43. The van der Waals surface area contributed by atoms with Crippen molar-refractivity contribution < 1.29 is 48.0 Å². The molecular formula is C42H63N7O10. The van der Waals surface area contributed by atoms with Crippen molar-refractivity contribution in [3.8, 4) is 11.4 Å². The van der Waals surface area contributed by atoms with Crippen LogP contribution in [0.25, 0.3) is 11.4 Å². The molecule has 3 fully saturated rings. The summed E-state index contributed by atoms with van der Waals surface area (Å²) in [6.45, 7) is 14.2.